The predicted octanol–water partition coefficient (Wildman–Crippen LogP) is 5.66. The SMILES string of the molecule is CC(C)(C)OC(=O)N[C@@H](CCC(C)(C)C(F)(F)F)c1cn2ncc(CC3C[C@@](C)(C(F)(F)F)NC3=O)cc2n1. The van der Waals surface area contributed by atoms with Crippen molar-refractivity contribution < 1.29 is 40.7 Å². The topological polar surface area (TPSA) is 97.6 Å². The number of alkyl halides is 6. The summed E-state index contributed by atoms with van der Waals surface area (Å²) in [4.78, 5) is 29.1. The van der Waals surface area contributed by atoms with Crippen LogP contribution in [0.4, 0.5) is 31.1 Å². The van der Waals surface area contributed by atoms with E-state index in [4.69, 9.17) is 4.74 Å². The van der Waals surface area contributed by atoms with Crippen molar-refractivity contribution in [2.24, 2.45) is 11.3 Å². The molecule has 8 nitrogen and oxygen atoms in total. The molecule has 3 atom stereocenters. The lowest BCUT2D eigenvalue weighted by molar-refractivity contribution is -0.214. The van der Waals surface area contributed by atoms with Crippen LogP contribution in [0.5, 0.6) is 0 Å². The van der Waals surface area contributed by atoms with E-state index in [1.807, 2.05) is 5.32 Å². The van der Waals surface area contributed by atoms with Crippen molar-refractivity contribution >= 4 is 17.6 Å². The number of hydrogen-bond acceptors (Lipinski definition) is 5. The summed E-state index contributed by atoms with van der Waals surface area (Å²) in [5.74, 6) is -1.64. The summed E-state index contributed by atoms with van der Waals surface area (Å²) in [5.41, 5.74) is -4.25. The minimum atomic E-state index is -4.60. The Morgan fingerprint density at radius 3 is 2.38 bits per heavy atom. The molecule has 14 heteroatoms. The molecule has 39 heavy (non-hydrogen) atoms. The monoisotopic (exact) mass is 565 g/mol. The molecular weight excluding hydrogens is 532 g/mol. The van der Waals surface area contributed by atoms with Crippen molar-refractivity contribution in [3.05, 3.63) is 29.7 Å². The molecule has 2 N–H and O–H groups in total. The van der Waals surface area contributed by atoms with Crippen molar-refractivity contribution in [1.82, 2.24) is 25.2 Å². The highest BCUT2D eigenvalue weighted by Gasteiger charge is 2.57. The highest BCUT2D eigenvalue weighted by atomic mass is 19.4. The van der Waals surface area contributed by atoms with Crippen LogP contribution in [-0.4, -0.2) is 50.1 Å². The molecule has 3 heterocycles. The third-order valence-corrected chi connectivity index (χ3v) is 6.80. The molecule has 0 aliphatic carbocycles. The Morgan fingerprint density at radius 2 is 1.85 bits per heavy atom. The van der Waals surface area contributed by atoms with E-state index >= 15 is 0 Å². The summed E-state index contributed by atoms with van der Waals surface area (Å²) in [6.07, 6.45) is -7.94. The Labute approximate surface area is 221 Å². The lowest BCUT2D eigenvalue weighted by atomic mass is 9.85. The van der Waals surface area contributed by atoms with Crippen LogP contribution in [0.25, 0.3) is 5.65 Å². The van der Waals surface area contributed by atoms with Crippen molar-refractivity contribution in [2.45, 2.75) is 96.8 Å². The summed E-state index contributed by atoms with van der Waals surface area (Å²) in [6.45, 7) is 8.01. The number of hydrogen-bond donors (Lipinski definition) is 2. The fraction of sp³-hybridized carbons (Fsp3) is 0.680. The van der Waals surface area contributed by atoms with E-state index in [0.29, 0.717) is 5.56 Å². The zero-order chi connectivity index (χ0) is 29.6. The van der Waals surface area contributed by atoms with Gasteiger partial charge in [-0.05, 0) is 65.0 Å². The number of fused-ring (bicyclic) bond motifs is 1. The lowest BCUT2D eigenvalue weighted by Crippen LogP contribution is -2.51. The van der Waals surface area contributed by atoms with Crippen LogP contribution in [0.2, 0.25) is 0 Å². The number of alkyl carbamates (subject to hydrolysis) is 1. The molecule has 3 rings (SSSR count). The van der Waals surface area contributed by atoms with Gasteiger partial charge in [0.05, 0.1) is 29.5 Å². The maximum atomic E-state index is 13.5. The van der Waals surface area contributed by atoms with Crippen LogP contribution in [0.1, 0.15) is 78.1 Å². The molecule has 0 aromatic carbocycles. The molecule has 218 valence electrons. The van der Waals surface area contributed by atoms with Gasteiger partial charge in [0.15, 0.2) is 5.65 Å². The van der Waals surface area contributed by atoms with Gasteiger partial charge in [-0.25, -0.2) is 14.3 Å². The van der Waals surface area contributed by atoms with Gasteiger partial charge in [-0.3, -0.25) is 4.79 Å². The number of rotatable bonds is 7. The zero-order valence-corrected chi connectivity index (χ0v) is 22.5. The molecule has 0 radical (unpaired) electrons. The Kier molecular flexibility index (Phi) is 7.94. The summed E-state index contributed by atoms with van der Waals surface area (Å²) >= 11 is 0. The number of halogens is 6. The molecule has 2 amide bonds. The van der Waals surface area contributed by atoms with Crippen LogP contribution in [0.3, 0.4) is 0 Å². The van der Waals surface area contributed by atoms with Gasteiger partial charge in [0.2, 0.25) is 5.91 Å². The van der Waals surface area contributed by atoms with E-state index in [1.165, 1.54) is 23.0 Å². The quantitative estimate of drug-likeness (QED) is 0.422. The van der Waals surface area contributed by atoms with Gasteiger partial charge in [-0.1, -0.05) is 13.8 Å². The second-order valence-electron chi connectivity index (χ2n) is 11.9. The number of nitrogens with one attached hydrogen (secondary N) is 2. The summed E-state index contributed by atoms with van der Waals surface area (Å²) in [5, 5.41) is 8.82. The van der Waals surface area contributed by atoms with Crippen LogP contribution < -0.4 is 10.6 Å². The van der Waals surface area contributed by atoms with E-state index in [-0.39, 0.29) is 30.6 Å². The molecule has 0 bridgehead atoms. The molecule has 1 aliphatic rings. The Bertz CT molecular complexity index is 1220. The molecule has 1 aliphatic heterocycles. The first-order valence-electron chi connectivity index (χ1n) is 12.4. The highest BCUT2D eigenvalue weighted by molar-refractivity contribution is 5.82. The van der Waals surface area contributed by atoms with Crippen LogP contribution in [-0.2, 0) is 16.0 Å². The fourth-order valence-electron chi connectivity index (χ4n) is 4.25. The maximum absolute atomic E-state index is 13.5. The van der Waals surface area contributed by atoms with Gasteiger partial charge < -0.3 is 15.4 Å². The van der Waals surface area contributed by atoms with E-state index < -0.39 is 59.3 Å². The van der Waals surface area contributed by atoms with E-state index in [0.717, 1.165) is 20.8 Å². The van der Waals surface area contributed by atoms with E-state index in [1.54, 1.807) is 20.8 Å². The van der Waals surface area contributed by atoms with Crippen LogP contribution in [0, 0.1) is 11.3 Å². The smallest absolute Gasteiger partial charge is 0.411 e. The minimum Gasteiger partial charge on any atom is -0.444 e. The molecule has 0 spiro atoms. The second-order valence-corrected chi connectivity index (χ2v) is 11.9. The van der Waals surface area contributed by atoms with Gasteiger partial charge in [0.1, 0.15) is 11.1 Å². The van der Waals surface area contributed by atoms with E-state index in [9.17, 15) is 35.9 Å². The average molecular weight is 566 g/mol. The third-order valence-electron chi connectivity index (χ3n) is 6.80. The normalized spacial score (nSPS) is 21.6. The summed E-state index contributed by atoms with van der Waals surface area (Å²) < 4.78 is 87.1. The number of nitrogens with zero attached hydrogens (tertiary/aromatic N) is 3. The molecule has 0 saturated carbocycles. The number of carbonyl (C=O) groups excluding carboxylic acids is 2. The van der Waals surface area contributed by atoms with Crippen molar-refractivity contribution in [3.8, 4) is 0 Å². The molecule has 1 fully saturated rings. The Balaban J connectivity index is 1.84. The maximum Gasteiger partial charge on any atom is 0.411 e. The van der Waals surface area contributed by atoms with Gasteiger partial charge in [-0.2, -0.15) is 31.4 Å². The third kappa shape index (κ3) is 7.13. The van der Waals surface area contributed by atoms with Gasteiger partial charge in [-0.15, -0.1) is 0 Å². The Morgan fingerprint density at radius 1 is 1.21 bits per heavy atom. The van der Waals surface area contributed by atoms with Crippen LogP contribution >= 0.6 is 0 Å². The number of imidazole rings is 1. The van der Waals surface area contributed by atoms with Gasteiger partial charge >= 0.3 is 18.4 Å². The van der Waals surface area contributed by atoms with Gasteiger partial charge in [0.25, 0.3) is 0 Å². The largest absolute Gasteiger partial charge is 0.444 e. The van der Waals surface area contributed by atoms with Gasteiger partial charge in [0, 0.05) is 5.92 Å². The molecular formula is C25H33F6N5O3. The average Bonchev–Trinajstić information content (AvgIpc) is 3.29. The van der Waals surface area contributed by atoms with Crippen molar-refractivity contribution in [3.63, 3.8) is 0 Å². The molecule has 1 saturated heterocycles. The molecule has 2 aromatic heterocycles. The molecule has 1 unspecified atom stereocenters. The summed E-state index contributed by atoms with van der Waals surface area (Å²) in [6, 6.07) is 0.594. The summed E-state index contributed by atoms with van der Waals surface area (Å²) in [7, 11) is 0. The first kappa shape index (κ1) is 30.5. The number of carbonyl (C=O) groups is 2. The zero-order valence-electron chi connectivity index (χ0n) is 22.5. The number of amides is 2. The molecule has 2 aromatic rings. The number of aromatic nitrogens is 3. The fourth-order valence-corrected chi connectivity index (χ4v) is 4.25. The number of ether oxygens (including phenoxy) is 1. The van der Waals surface area contributed by atoms with Crippen molar-refractivity contribution in [2.75, 3.05) is 0 Å². The predicted molar refractivity (Wildman–Crippen MR) is 129 cm³/mol. The highest BCUT2D eigenvalue weighted by Crippen LogP contribution is 2.43. The lowest BCUT2D eigenvalue weighted by Gasteiger charge is -2.29. The first-order chi connectivity index (χ1) is 17.6. The van der Waals surface area contributed by atoms with E-state index in [2.05, 4.69) is 15.4 Å². The van der Waals surface area contributed by atoms with Crippen LogP contribution in [0.15, 0.2) is 18.5 Å². The Hall–Kier alpha value is -3.06. The standard InChI is InChI=1S/C25H33F6N5O3/c1-21(2,3)39-20(38)34-16(7-8-22(4,5)24(26,27)28)17-13-36-18(33-17)10-14(12-32-36)9-15-11-23(6,25(29,30)31)35-19(15)37/h10,12-13,15-16H,7-9,11H2,1-6H3,(H,34,38)(H,35,37)/t15?,16-,23-/m0/s1. The first-order valence-corrected chi connectivity index (χ1v) is 12.4. The van der Waals surface area contributed by atoms with Crippen molar-refractivity contribution in [1.29, 1.82) is 0 Å². The second kappa shape index (κ2) is 10.2. The minimum absolute atomic E-state index is 0.0114.